The largest absolute Gasteiger partial charge is 0.465 e. The molecule has 0 radical (unpaired) electrons. The van der Waals surface area contributed by atoms with E-state index >= 15 is 0 Å². The summed E-state index contributed by atoms with van der Waals surface area (Å²) < 4.78 is 87.3. The molecular weight excluding hydrogens is 396 g/mol. The van der Waals surface area contributed by atoms with Crippen LogP contribution in [0.2, 0.25) is 0 Å². The van der Waals surface area contributed by atoms with Crippen LogP contribution in [0.4, 0.5) is 17.6 Å². The smallest absolute Gasteiger partial charge is 0.431 e. The Bertz CT molecular complexity index is 708. The van der Waals surface area contributed by atoms with Gasteiger partial charge in [-0.3, -0.25) is 9.35 Å². The molecule has 0 heterocycles. The minimum atomic E-state index is -6.32. The van der Waals surface area contributed by atoms with E-state index in [1.165, 1.54) is 0 Å². The van der Waals surface area contributed by atoms with Crippen LogP contribution in [-0.4, -0.2) is 47.4 Å². The summed E-state index contributed by atoms with van der Waals surface area (Å²) in [6.45, 7) is -0.0819. The number of alkyl halides is 4. The molecule has 2 unspecified atom stereocenters. The molecule has 27 heavy (non-hydrogen) atoms. The first-order chi connectivity index (χ1) is 12.2. The lowest BCUT2D eigenvalue weighted by Crippen LogP contribution is -2.57. The van der Waals surface area contributed by atoms with E-state index in [1.54, 1.807) is 0 Å². The number of halogens is 4. The van der Waals surface area contributed by atoms with Crippen LogP contribution in [0.1, 0.15) is 51.4 Å². The molecule has 0 aliphatic heterocycles. The molecule has 0 aromatic rings. The van der Waals surface area contributed by atoms with Crippen LogP contribution in [-0.2, 0) is 19.6 Å². The molecule has 4 fully saturated rings. The highest BCUT2D eigenvalue weighted by molar-refractivity contribution is 7.87. The van der Waals surface area contributed by atoms with Crippen LogP contribution in [0, 0.1) is 17.3 Å². The van der Waals surface area contributed by atoms with Gasteiger partial charge in [0.05, 0.1) is 18.6 Å². The Morgan fingerprint density at radius 2 is 1.67 bits per heavy atom. The quantitative estimate of drug-likeness (QED) is 0.375. The molecule has 4 rings (SSSR count). The standard InChI is InChI=1S/C16H22F4O6S/c17-15(18,16(19,20)27(23,24)25)2-1-12(21)26-9-13-4-10-3-11(5-13)7-14(22,6-10)8-13/h10-11,22H,1-9H2,(H,23,24,25). The van der Waals surface area contributed by atoms with Crippen molar-refractivity contribution in [3.63, 3.8) is 0 Å². The molecule has 4 bridgehead atoms. The molecule has 4 aliphatic carbocycles. The predicted octanol–water partition coefficient (Wildman–Crippen LogP) is 2.76. The lowest BCUT2D eigenvalue weighted by atomic mass is 9.48. The molecule has 4 saturated carbocycles. The van der Waals surface area contributed by atoms with Crippen LogP contribution < -0.4 is 0 Å². The fraction of sp³-hybridized carbons (Fsp3) is 0.938. The molecule has 11 heteroatoms. The summed E-state index contributed by atoms with van der Waals surface area (Å²) in [4.78, 5) is 11.8. The van der Waals surface area contributed by atoms with E-state index < -0.39 is 51.1 Å². The van der Waals surface area contributed by atoms with E-state index in [2.05, 4.69) is 0 Å². The van der Waals surface area contributed by atoms with Gasteiger partial charge in [-0.2, -0.15) is 26.0 Å². The second kappa shape index (κ2) is 6.28. The number of aliphatic hydroxyl groups is 1. The van der Waals surface area contributed by atoms with E-state index in [0.29, 0.717) is 31.1 Å². The van der Waals surface area contributed by atoms with Crippen molar-refractivity contribution in [2.45, 2.75) is 68.1 Å². The highest BCUT2D eigenvalue weighted by Gasteiger charge is 2.65. The molecule has 0 aromatic carbocycles. The Labute approximate surface area is 154 Å². The first-order valence-corrected chi connectivity index (χ1v) is 10.2. The van der Waals surface area contributed by atoms with Gasteiger partial charge >= 0.3 is 27.3 Å². The molecule has 0 spiro atoms. The van der Waals surface area contributed by atoms with Gasteiger partial charge in [-0.25, -0.2) is 0 Å². The Balaban J connectivity index is 1.55. The van der Waals surface area contributed by atoms with Crippen molar-refractivity contribution in [3.8, 4) is 0 Å². The lowest BCUT2D eigenvalue weighted by molar-refractivity contribution is -0.189. The summed E-state index contributed by atoms with van der Waals surface area (Å²) in [6.07, 6.45) is 1.50. The number of esters is 1. The average Bonchev–Trinajstić information content (AvgIpc) is 2.47. The van der Waals surface area contributed by atoms with E-state index in [9.17, 15) is 35.9 Å². The Kier molecular flexibility index (Phi) is 4.84. The van der Waals surface area contributed by atoms with E-state index in [-0.39, 0.29) is 6.61 Å². The highest BCUT2D eigenvalue weighted by Crippen LogP contribution is 2.61. The minimum absolute atomic E-state index is 0.0819. The zero-order valence-electron chi connectivity index (χ0n) is 14.5. The summed E-state index contributed by atoms with van der Waals surface area (Å²) in [6, 6.07) is 0. The second-order valence-electron chi connectivity index (χ2n) is 8.54. The number of hydrogen-bond acceptors (Lipinski definition) is 5. The van der Waals surface area contributed by atoms with Gasteiger partial charge in [-0.1, -0.05) is 0 Å². The summed E-state index contributed by atoms with van der Waals surface area (Å²) >= 11 is 0. The van der Waals surface area contributed by atoms with Gasteiger partial charge in [0.2, 0.25) is 0 Å². The summed E-state index contributed by atoms with van der Waals surface area (Å²) in [5.74, 6) is -5.61. The summed E-state index contributed by atoms with van der Waals surface area (Å²) in [5, 5.41) is 4.91. The predicted molar refractivity (Wildman–Crippen MR) is 83.7 cm³/mol. The van der Waals surface area contributed by atoms with Crippen molar-refractivity contribution >= 4 is 16.1 Å². The van der Waals surface area contributed by atoms with Crippen molar-refractivity contribution in [3.05, 3.63) is 0 Å². The van der Waals surface area contributed by atoms with Gasteiger partial charge in [0, 0.05) is 11.8 Å². The first kappa shape index (κ1) is 20.8. The van der Waals surface area contributed by atoms with Crippen molar-refractivity contribution in [1.82, 2.24) is 0 Å². The maximum atomic E-state index is 13.4. The van der Waals surface area contributed by atoms with Gasteiger partial charge < -0.3 is 9.84 Å². The summed E-state index contributed by atoms with van der Waals surface area (Å²) in [7, 11) is -6.32. The number of carbonyl (C=O) groups excluding carboxylic acids is 1. The van der Waals surface area contributed by atoms with Crippen LogP contribution >= 0.6 is 0 Å². The number of ether oxygens (including phenoxy) is 1. The van der Waals surface area contributed by atoms with Crippen LogP contribution in [0.15, 0.2) is 0 Å². The van der Waals surface area contributed by atoms with Gasteiger partial charge in [-0.05, 0) is 50.4 Å². The average molecular weight is 418 g/mol. The molecule has 2 N–H and O–H groups in total. The molecule has 6 nitrogen and oxygen atoms in total. The monoisotopic (exact) mass is 418 g/mol. The number of carbonyl (C=O) groups is 1. The van der Waals surface area contributed by atoms with Gasteiger partial charge in [-0.15, -0.1) is 0 Å². The van der Waals surface area contributed by atoms with Crippen molar-refractivity contribution < 1.29 is 45.2 Å². The summed E-state index contributed by atoms with van der Waals surface area (Å²) in [5.41, 5.74) is -1.21. The van der Waals surface area contributed by atoms with Crippen LogP contribution in [0.5, 0.6) is 0 Å². The van der Waals surface area contributed by atoms with Crippen LogP contribution in [0.25, 0.3) is 0 Å². The molecule has 156 valence electrons. The maximum Gasteiger partial charge on any atom is 0.431 e. The third kappa shape index (κ3) is 3.82. The van der Waals surface area contributed by atoms with E-state index in [4.69, 9.17) is 9.29 Å². The van der Waals surface area contributed by atoms with Gasteiger partial charge in [0.25, 0.3) is 0 Å². The first-order valence-electron chi connectivity index (χ1n) is 8.78. The zero-order valence-corrected chi connectivity index (χ0v) is 15.3. The van der Waals surface area contributed by atoms with E-state index in [0.717, 1.165) is 19.3 Å². The molecule has 0 aromatic heterocycles. The molecule has 4 aliphatic rings. The SMILES string of the molecule is O=C(CCC(F)(F)C(F)(F)S(=O)(=O)O)OCC12CC3CC(CC(O)(C3)C1)C2. The molecule has 0 saturated heterocycles. The number of hydrogen-bond donors (Lipinski definition) is 2. The third-order valence-electron chi connectivity index (χ3n) is 6.08. The molecule has 0 amide bonds. The molecule has 2 atom stereocenters. The Morgan fingerprint density at radius 3 is 2.15 bits per heavy atom. The Morgan fingerprint density at radius 1 is 1.11 bits per heavy atom. The lowest BCUT2D eigenvalue weighted by Gasteiger charge is -2.59. The minimum Gasteiger partial charge on any atom is -0.465 e. The topological polar surface area (TPSA) is 101 Å². The van der Waals surface area contributed by atoms with Crippen molar-refractivity contribution in [1.29, 1.82) is 0 Å². The normalized spacial score (nSPS) is 36.1. The zero-order chi connectivity index (χ0) is 20.3. The van der Waals surface area contributed by atoms with Crippen molar-refractivity contribution in [2.24, 2.45) is 17.3 Å². The van der Waals surface area contributed by atoms with Gasteiger partial charge in [0.15, 0.2) is 0 Å². The molecular formula is C16H22F4O6S. The van der Waals surface area contributed by atoms with Crippen molar-refractivity contribution in [2.75, 3.05) is 6.61 Å². The van der Waals surface area contributed by atoms with Gasteiger partial charge in [0.1, 0.15) is 0 Å². The number of rotatable bonds is 7. The fourth-order valence-electron chi connectivity index (χ4n) is 5.47. The highest BCUT2D eigenvalue weighted by atomic mass is 32.2. The van der Waals surface area contributed by atoms with Crippen LogP contribution in [0.3, 0.4) is 0 Å². The second-order valence-corrected chi connectivity index (χ2v) is 10.0. The fourth-order valence-corrected chi connectivity index (χ4v) is 5.95. The third-order valence-corrected chi connectivity index (χ3v) is 7.03. The van der Waals surface area contributed by atoms with E-state index in [1.807, 2.05) is 0 Å². The maximum absolute atomic E-state index is 13.4. The Hall–Kier alpha value is -0.940.